The molecule has 2 heteroatoms. The van der Waals surface area contributed by atoms with Gasteiger partial charge in [-0.2, -0.15) is 0 Å². The number of nitrogens with zero attached hydrogens (tertiary/aromatic N) is 1. The van der Waals surface area contributed by atoms with Gasteiger partial charge < -0.3 is 5.32 Å². The molecule has 1 unspecified atom stereocenters. The summed E-state index contributed by atoms with van der Waals surface area (Å²) in [7, 11) is 2.32. The predicted molar refractivity (Wildman–Crippen MR) is 65.1 cm³/mol. The summed E-state index contributed by atoms with van der Waals surface area (Å²) in [6.07, 6.45) is 7.08. The van der Waals surface area contributed by atoms with E-state index in [4.69, 9.17) is 0 Å². The molecule has 2 fully saturated rings. The predicted octanol–water partition coefficient (Wildman–Crippen LogP) is 2.25. The standard InChI is InChI=1S/C13H26N2/c1-10(2)13(9-14-11-7-8-11)15(3)12-5-4-6-12/h10-14H,4-9H2,1-3H3. The zero-order valence-electron chi connectivity index (χ0n) is 10.5. The molecule has 0 heterocycles. The summed E-state index contributed by atoms with van der Waals surface area (Å²) in [5, 5.41) is 3.68. The Kier molecular flexibility index (Phi) is 3.68. The molecule has 0 aliphatic heterocycles. The highest BCUT2D eigenvalue weighted by molar-refractivity contribution is 4.88. The summed E-state index contributed by atoms with van der Waals surface area (Å²) in [6.45, 7) is 5.90. The summed E-state index contributed by atoms with van der Waals surface area (Å²) < 4.78 is 0. The lowest BCUT2D eigenvalue weighted by Crippen LogP contribution is -2.50. The normalized spacial score (nSPS) is 24.6. The van der Waals surface area contributed by atoms with Crippen molar-refractivity contribution in [3.8, 4) is 0 Å². The van der Waals surface area contributed by atoms with Gasteiger partial charge in [0.25, 0.3) is 0 Å². The van der Waals surface area contributed by atoms with E-state index < -0.39 is 0 Å². The van der Waals surface area contributed by atoms with Crippen LogP contribution in [0.3, 0.4) is 0 Å². The number of likely N-dealkylation sites (N-methyl/N-ethyl adjacent to an activating group) is 1. The van der Waals surface area contributed by atoms with Crippen molar-refractivity contribution >= 4 is 0 Å². The molecule has 0 amide bonds. The van der Waals surface area contributed by atoms with Crippen molar-refractivity contribution < 1.29 is 0 Å². The van der Waals surface area contributed by atoms with Crippen molar-refractivity contribution in [3.63, 3.8) is 0 Å². The highest BCUT2D eigenvalue weighted by Crippen LogP contribution is 2.27. The zero-order chi connectivity index (χ0) is 10.8. The Morgan fingerprint density at radius 2 is 1.87 bits per heavy atom. The highest BCUT2D eigenvalue weighted by atomic mass is 15.2. The van der Waals surface area contributed by atoms with E-state index in [0.29, 0.717) is 0 Å². The zero-order valence-corrected chi connectivity index (χ0v) is 10.5. The van der Waals surface area contributed by atoms with E-state index in [-0.39, 0.29) is 0 Å². The van der Waals surface area contributed by atoms with Crippen molar-refractivity contribution in [1.29, 1.82) is 0 Å². The van der Waals surface area contributed by atoms with E-state index in [0.717, 1.165) is 24.0 Å². The summed E-state index contributed by atoms with van der Waals surface area (Å²) >= 11 is 0. The topological polar surface area (TPSA) is 15.3 Å². The Balaban J connectivity index is 1.79. The number of nitrogens with one attached hydrogen (secondary N) is 1. The van der Waals surface area contributed by atoms with E-state index in [2.05, 4.69) is 31.1 Å². The first-order valence-electron chi connectivity index (χ1n) is 6.64. The van der Waals surface area contributed by atoms with Gasteiger partial charge in [0.15, 0.2) is 0 Å². The number of rotatable bonds is 6. The largest absolute Gasteiger partial charge is 0.312 e. The maximum Gasteiger partial charge on any atom is 0.0243 e. The van der Waals surface area contributed by atoms with Crippen LogP contribution in [0.4, 0.5) is 0 Å². The fourth-order valence-corrected chi connectivity index (χ4v) is 2.49. The first-order valence-corrected chi connectivity index (χ1v) is 6.64. The van der Waals surface area contributed by atoms with Gasteiger partial charge in [-0.25, -0.2) is 0 Å². The highest BCUT2D eigenvalue weighted by Gasteiger charge is 2.30. The van der Waals surface area contributed by atoms with Crippen LogP contribution in [0.5, 0.6) is 0 Å². The molecular formula is C13H26N2. The van der Waals surface area contributed by atoms with Crippen LogP contribution < -0.4 is 5.32 Å². The SMILES string of the molecule is CC(C)C(CNC1CC1)N(C)C1CCC1. The summed E-state index contributed by atoms with van der Waals surface area (Å²) in [5.41, 5.74) is 0. The molecule has 0 spiro atoms. The molecule has 2 aliphatic carbocycles. The Bertz CT molecular complexity index is 195. The summed E-state index contributed by atoms with van der Waals surface area (Å²) in [6, 6.07) is 2.45. The molecule has 2 saturated carbocycles. The third kappa shape index (κ3) is 2.94. The molecule has 2 aliphatic rings. The van der Waals surface area contributed by atoms with E-state index in [9.17, 15) is 0 Å². The van der Waals surface area contributed by atoms with Crippen LogP contribution in [-0.4, -0.2) is 36.6 Å². The van der Waals surface area contributed by atoms with E-state index in [1.165, 1.54) is 38.6 Å². The van der Waals surface area contributed by atoms with Crippen molar-refractivity contribution in [2.75, 3.05) is 13.6 Å². The second-order valence-corrected chi connectivity index (χ2v) is 5.74. The van der Waals surface area contributed by atoms with Crippen molar-refractivity contribution in [2.24, 2.45) is 5.92 Å². The van der Waals surface area contributed by atoms with E-state index in [1.807, 2.05) is 0 Å². The second-order valence-electron chi connectivity index (χ2n) is 5.74. The lowest BCUT2D eigenvalue weighted by molar-refractivity contribution is 0.0837. The minimum absolute atomic E-state index is 0.732. The Hall–Kier alpha value is -0.0800. The lowest BCUT2D eigenvalue weighted by atomic mass is 9.89. The van der Waals surface area contributed by atoms with Crippen LogP contribution in [0.2, 0.25) is 0 Å². The molecule has 0 aromatic heterocycles. The molecule has 0 radical (unpaired) electrons. The van der Waals surface area contributed by atoms with Gasteiger partial charge >= 0.3 is 0 Å². The summed E-state index contributed by atoms with van der Waals surface area (Å²) in [5.74, 6) is 0.766. The summed E-state index contributed by atoms with van der Waals surface area (Å²) in [4.78, 5) is 2.63. The van der Waals surface area contributed by atoms with Crippen molar-refractivity contribution in [2.45, 2.75) is 64.1 Å². The van der Waals surface area contributed by atoms with Gasteiger partial charge in [0, 0.05) is 24.7 Å². The molecule has 1 N–H and O–H groups in total. The van der Waals surface area contributed by atoms with Gasteiger partial charge in [-0.15, -0.1) is 0 Å². The minimum Gasteiger partial charge on any atom is -0.312 e. The van der Waals surface area contributed by atoms with Gasteiger partial charge in [0.05, 0.1) is 0 Å². The molecule has 2 nitrogen and oxygen atoms in total. The maximum absolute atomic E-state index is 3.68. The molecule has 0 bridgehead atoms. The van der Waals surface area contributed by atoms with Gasteiger partial charge in [-0.05, 0) is 38.6 Å². The van der Waals surface area contributed by atoms with Crippen LogP contribution >= 0.6 is 0 Å². The smallest absolute Gasteiger partial charge is 0.0243 e. The van der Waals surface area contributed by atoms with Gasteiger partial charge in [0.2, 0.25) is 0 Å². The number of hydrogen-bond acceptors (Lipinski definition) is 2. The van der Waals surface area contributed by atoms with Crippen LogP contribution in [0.25, 0.3) is 0 Å². The lowest BCUT2D eigenvalue weighted by Gasteiger charge is -2.42. The molecule has 0 aromatic rings. The average Bonchev–Trinajstić information content (AvgIpc) is 2.83. The molecule has 2 rings (SSSR count). The van der Waals surface area contributed by atoms with Gasteiger partial charge in [0.1, 0.15) is 0 Å². The van der Waals surface area contributed by atoms with Crippen LogP contribution in [0, 0.1) is 5.92 Å². The van der Waals surface area contributed by atoms with E-state index in [1.54, 1.807) is 0 Å². The molecule has 0 saturated heterocycles. The number of hydrogen-bond donors (Lipinski definition) is 1. The quantitative estimate of drug-likeness (QED) is 0.723. The molecule has 0 aromatic carbocycles. The monoisotopic (exact) mass is 210 g/mol. The molecule has 1 atom stereocenters. The average molecular weight is 210 g/mol. The third-order valence-corrected chi connectivity index (χ3v) is 4.14. The second kappa shape index (κ2) is 4.84. The van der Waals surface area contributed by atoms with Crippen molar-refractivity contribution in [3.05, 3.63) is 0 Å². The first-order chi connectivity index (χ1) is 7.18. The Morgan fingerprint density at radius 1 is 1.20 bits per heavy atom. The Morgan fingerprint density at radius 3 is 2.27 bits per heavy atom. The van der Waals surface area contributed by atoms with Crippen LogP contribution in [0.15, 0.2) is 0 Å². The third-order valence-electron chi connectivity index (χ3n) is 4.14. The fourth-order valence-electron chi connectivity index (χ4n) is 2.49. The van der Waals surface area contributed by atoms with Gasteiger partial charge in [-0.1, -0.05) is 20.3 Å². The molecular weight excluding hydrogens is 184 g/mol. The van der Waals surface area contributed by atoms with Crippen LogP contribution in [-0.2, 0) is 0 Å². The van der Waals surface area contributed by atoms with Gasteiger partial charge in [-0.3, -0.25) is 4.90 Å². The van der Waals surface area contributed by atoms with Crippen LogP contribution in [0.1, 0.15) is 46.0 Å². The first kappa shape index (κ1) is 11.4. The Labute approximate surface area is 94.4 Å². The maximum atomic E-state index is 3.68. The molecule has 88 valence electrons. The fraction of sp³-hybridized carbons (Fsp3) is 1.00. The van der Waals surface area contributed by atoms with E-state index >= 15 is 0 Å². The minimum atomic E-state index is 0.732. The van der Waals surface area contributed by atoms with Crippen molar-refractivity contribution in [1.82, 2.24) is 10.2 Å². The molecule has 15 heavy (non-hydrogen) atoms.